The van der Waals surface area contributed by atoms with Gasteiger partial charge in [0.05, 0.1) is 11.6 Å². The normalized spacial score (nSPS) is 12.1. The Morgan fingerprint density at radius 3 is 2.75 bits per heavy atom. The predicted octanol–water partition coefficient (Wildman–Crippen LogP) is 2.58. The summed E-state index contributed by atoms with van der Waals surface area (Å²) in [5.41, 5.74) is 3.84. The number of halogens is 1. The second-order valence-electron chi connectivity index (χ2n) is 4.48. The number of nitrogens with one attached hydrogen (secondary N) is 1. The highest BCUT2D eigenvalue weighted by molar-refractivity contribution is 6.31. The molecule has 0 radical (unpaired) electrons. The van der Waals surface area contributed by atoms with Crippen molar-refractivity contribution >= 4 is 11.6 Å². The molecule has 2 aromatic rings. The third-order valence-electron chi connectivity index (χ3n) is 3.04. The number of aromatic nitrogens is 1. The minimum Gasteiger partial charge on any atom is -0.494 e. The molecule has 1 unspecified atom stereocenters. The number of benzene rings is 1. The molecule has 1 aromatic heterocycles. The number of hydrogen-bond acceptors (Lipinski definition) is 4. The third-order valence-corrected chi connectivity index (χ3v) is 3.38. The van der Waals surface area contributed by atoms with Crippen LogP contribution in [0.25, 0.3) is 0 Å². The van der Waals surface area contributed by atoms with Gasteiger partial charge < -0.3 is 4.74 Å². The van der Waals surface area contributed by atoms with Crippen LogP contribution in [0.2, 0.25) is 5.02 Å². The zero-order chi connectivity index (χ0) is 14.2. The molecule has 4 nitrogen and oxygen atoms in total. The summed E-state index contributed by atoms with van der Waals surface area (Å²) in [5.74, 6) is 6.45. The van der Waals surface area contributed by atoms with E-state index in [2.05, 4.69) is 10.4 Å². The van der Waals surface area contributed by atoms with Crippen molar-refractivity contribution in [1.82, 2.24) is 10.4 Å². The molecule has 0 saturated carbocycles. The molecule has 0 amide bonds. The first-order chi connectivity index (χ1) is 9.79. The van der Waals surface area contributed by atoms with Crippen molar-refractivity contribution in [3.8, 4) is 5.75 Å². The van der Waals surface area contributed by atoms with Gasteiger partial charge in [-0.3, -0.25) is 16.3 Å². The van der Waals surface area contributed by atoms with E-state index >= 15 is 0 Å². The second-order valence-corrected chi connectivity index (χ2v) is 4.89. The van der Waals surface area contributed by atoms with Gasteiger partial charge in [-0.1, -0.05) is 29.8 Å². The number of nitrogens with zero attached hydrogens (tertiary/aromatic N) is 1. The van der Waals surface area contributed by atoms with Gasteiger partial charge in [0.15, 0.2) is 0 Å². The number of hydrazine groups is 1. The molecule has 1 aromatic carbocycles. The zero-order valence-corrected chi connectivity index (χ0v) is 11.9. The molecular formula is C15H18ClN3O. The van der Waals surface area contributed by atoms with Crippen LogP contribution in [0.15, 0.2) is 48.8 Å². The molecule has 0 aliphatic carbocycles. The lowest BCUT2D eigenvalue weighted by molar-refractivity contribution is 0.285. The van der Waals surface area contributed by atoms with Crippen LogP contribution in [0.5, 0.6) is 5.75 Å². The van der Waals surface area contributed by atoms with Crippen LogP contribution in [0.4, 0.5) is 0 Å². The summed E-state index contributed by atoms with van der Waals surface area (Å²) < 4.78 is 5.67. The number of ether oxygens (including phenoxy) is 1. The van der Waals surface area contributed by atoms with E-state index in [4.69, 9.17) is 22.2 Å². The van der Waals surface area contributed by atoms with Gasteiger partial charge in [-0.15, -0.1) is 0 Å². The summed E-state index contributed by atoms with van der Waals surface area (Å²) in [6.45, 7) is 0.599. The van der Waals surface area contributed by atoms with Crippen LogP contribution in [0.1, 0.15) is 12.0 Å². The Bertz CT molecular complexity index is 522. The summed E-state index contributed by atoms with van der Waals surface area (Å²) in [5, 5.41) is 0.664. The Morgan fingerprint density at radius 1 is 1.25 bits per heavy atom. The highest BCUT2D eigenvalue weighted by atomic mass is 35.5. The molecule has 0 bridgehead atoms. The highest BCUT2D eigenvalue weighted by Gasteiger charge is 2.10. The standard InChI is InChI=1S/C15H18ClN3O/c16-15-11-18-8-6-12(15)10-13(19-17)7-9-20-14-4-2-1-3-5-14/h1-6,8,11,13,19H,7,9-10,17H2. The van der Waals surface area contributed by atoms with Crippen LogP contribution in [-0.2, 0) is 6.42 Å². The van der Waals surface area contributed by atoms with Crippen LogP contribution in [0, 0.1) is 0 Å². The van der Waals surface area contributed by atoms with Crippen molar-refractivity contribution in [1.29, 1.82) is 0 Å². The summed E-state index contributed by atoms with van der Waals surface area (Å²) in [6.07, 6.45) is 4.92. The Labute approximate surface area is 123 Å². The smallest absolute Gasteiger partial charge is 0.119 e. The van der Waals surface area contributed by atoms with Crippen molar-refractivity contribution < 1.29 is 4.74 Å². The van der Waals surface area contributed by atoms with Crippen LogP contribution < -0.4 is 16.0 Å². The minimum atomic E-state index is 0.110. The van der Waals surface area contributed by atoms with Gasteiger partial charge in [0.1, 0.15) is 5.75 Å². The van der Waals surface area contributed by atoms with Crippen LogP contribution in [-0.4, -0.2) is 17.6 Å². The summed E-state index contributed by atoms with van der Waals surface area (Å²) in [6, 6.07) is 11.7. The summed E-state index contributed by atoms with van der Waals surface area (Å²) >= 11 is 6.09. The van der Waals surface area contributed by atoms with Gasteiger partial charge in [0.2, 0.25) is 0 Å². The first-order valence-electron chi connectivity index (χ1n) is 6.52. The number of hydrogen-bond donors (Lipinski definition) is 2. The van der Waals surface area contributed by atoms with Gasteiger partial charge >= 0.3 is 0 Å². The third kappa shape index (κ3) is 4.49. The van der Waals surface area contributed by atoms with Crippen LogP contribution in [0.3, 0.4) is 0 Å². The maximum atomic E-state index is 6.09. The fourth-order valence-corrected chi connectivity index (χ4v) is 2.11. The zero-order valence-electron chi connectivity index (χ0n) is 11.1. The summed E-state index contributed by atoms with van der Waals surface area (Å²) in [4.78, 5) is 3.97. The Balaban J connectivity index is 1.82. The maximum absolute atomic E-state index is 6.09. The largest absolute Gasteiger partial charge is 0.494 e. The lowest BCUT2D eigenvalue weighted by atomic mass is 10.1. The van der Waals surface area contributed by atoms with Gasteiger partial charge in [0.25, 0.3) is 0 Å². The van der Waals surface area contributed by atoms with E-state index in [0.29, 0.717) is 11.6 Å². The number of pyridine rings is 1. The first kappa shape index (κ1) is 14.8. The molecule has 0 aliphatic heterocycles. The molecule has 1 atom stereocenters. The van der Waals surface area contributed by atoms with Crippen molar-refractivity contribution in [3.05, 3.63) is 59.4 Å². The Morgan fingerprint density at radius 2 is 2.05 bits per heavy atom. The number of rotatable bonds is 7. The number of para-hydroxylation sites is 1. The van der Waals surface area contributed by atoms with Crippen molar-refractivity contribution in [2.75, 3.05) is 6.61 Å². The molecule has 0 aliphatic rings. The van der Waals surface area contributed by atoms with E-state index in [9.17, 15) is 0 Å². The second kappa shape index (κ2) is 7.85. The van der Waals surface area contributed by atoms with Crippen molar-refractivity contribution in [3.63, 3.8) is 0 Å². The number of nitrogens with two attached hydrogens (primary N) is 1. The van der Waals surface area contributed by atoms with E-state index < -0.39 is 0 Å². The van der Waals surface area contributed by atoms with Crippen molar-refractivity contribution in [2.24, 2.45) is 5.84 Å². The Kier molecular flexibility index (Phi) is 5.80. The SMILES string of the molecule is NNC(CCOc1ccccc1)Cc1ccncc1Cl. The lowest BCUT2D eigenvalue weighted by Gasteiger charge is -2.17. The van der Waals surface area contributed by atoms with Gasteiger partial charge in [-0.05, 0) is 36.6 Å². The molecule has 0 saturated heterocycles. The van der Waals surface area contributed by atoms with Gasteiger partial charge in [-0.25, -0.2) is 0 Å². The molecule has 106 valence electrons. The van der Waals surface area contributed by atoms with Crippen LogP contribution >= 0.6 is 11.6 Å². The highest BCUT2D eigenvalue weighted by Crippen LogP contribution is 2.16. The summed E-state index contributed by atoms with van der Waals surface area (Å²) in [7, 11) is 0. The molecule has 0 spiro atoms. The average Bonchev–Trinajstić information content (AvgIpc) is 2.49. The molecule has 20 heavy (non-hydrogen) atoms. The quantitative estimate of drug-likeness (QED) is 0.608. The molecule has 5 heteroatoms. The van der Waals surface area contributed by atoms with E-state index in [1.54, 1.807) is 12.4 Å². The molecule has 2 rings (SSSR count). The monoisotopic (exact) mass is 291 g/mol. The molecule has 3 N–H and O–H groups in total. The molecular weight excluding hydrogens is 274 g/mol. The fraction of sp³-hybridized carbons (Fsp3) is 0.267. The van der Waals surface area contributed by atoms with Crippen molar-refractivity contribution in [2.45, 2.75) is 18.9 Å². The van der Waals surface area contributed by atoms with Gasteiger partial charge in [-0.2, -0.15) is 0 Å². The lowest BCUT2D eigenvalue weighted by Crippen LogP contribution is -2.38. The Hall–Kier alpha value is -1.62. The van der Waals surface area contributed by atoms with Gasteiger partial charge in [0, 0.05) is 18.4 Å². The predicted molar refractivity (Wildman–Crippen MR) is 80.6 cm³/mol. The minimum absolute atomic E-state index is 0.110. The van der Waals surface area contributed by atoms with E-state index in [-0.39, 0.29) is 6.04 Å². The van der Waals surface area contributed by atoms with E-state index in [1.165, 1.54) is 0 Å². The molecule has 0 fully saturated rings. The average molecular weight is 292 g/mol. The van der Waals surface area contributed by atoms with E-state index in [0.717, 1.165) is 24.2 Å². The fourth-order valence-electron chi connectivity index (χ4n) is 1.92. The topological polar surface area (TPSA) is 60.2 Å². The van der Waals surface area contributed by atoms with E-state index in [1.807, 2.05) is 36.4 Å². The molecule has 1 heterocycles. The maximum Gasteiger partial charge on any atom is 0.119 e. The first-order valence-corrected chi connectivity index (χ1v) is 6.89.